The third kappa shape index (κ3) is 6.65. The number of ether oxygens (including phenoxy) is 2. The van der Waals surface area contributed by atoms with Gasteiger partial charge in [-0.15, -0.1) is 0 Å². The number of rotatable bonds is 7. The number of carbonyl (C=O) groups excluding carboxylic acids is 2. The lowest BCUT2D eigenvalue weighted by Gasteiger charge is -2.30. The first-order valence-electron chi connectivity index (χ1n) is 14.6. The van der Waals surface area contributed by atoms with Gasteiger partial charge in [0.1, 0.15) is 24.3 Å². The van der Waals surface area contributed by atoms with Crippen LogP contribution in [0, 0.1) is 27.9 Å². The standard InChI is InChI=1S/C29H32N8O8/c30-25-21-26(36(15-31-21)28-23(39)22(38)24(45-28)27(40)32-18-6-7-18)34-20(33-25)3-1-2-16-10-12-35(13-11-16)29(41)44-14-17-4-8-19(9-5-17)37(42)43/h4-5,8-9,15-16,18,22-24,28,38-39H,2,6-7,10-14H2,(H,32,40)(H2,30,33,34)/t22-,23?,24+,28-/m1/s1. The van der Waals surface area contributed by atoms with E-state index < -0.39 is 41.5 Å². The highest BCUT2D eigenvalue weighted by atomic mass is 16.6. The summed E-state index contributed by atoms with van der Waals surface area (Å²) in [6.07, 6.45) is -0.559. The molecule has 236 valence electrons. The number of benzene rings is 1. The number of nitro groups is 1. The molecule has 2 saturated heterocycles. The quantitative estimate of drug-likeness (QED) is 0.165. The lowest BCUT2D eigenvalue weighted by Crippen LogP contribution is -2.43. The van der Waals surface area contributed by atoms with Crippen LogP contribution >= 0.6 is 0 Å². The van der Waals surface area contributed by atoms with Crippen LogP contribution in [0.15, 0.2) is 30.6 Å². The summed E-state index contributed by atoms with van der Waals surface area (Å²) in [6.45, 7) is 1.04. The summed E-state index contributed by atoms with van der Waals surface area (Å²) in [5.41, 5.74) is 7.26. The highest BCUT2D eigenvalue weighted by Crippen LogP contribution is 2.33. The Balaban J connectivity index is 1.03. The molecule has 1 saturated carbocycles. The summed E-state index contributed by atoms with van der Waals surface area (Å²) in [4.78, 5) is 49.9. The average Bonchev–Trinajstić information content (AvgIpc) is 3.67. The number of anilines is 1. The van der Waals surface area contributed by atoms with Gasteiger partial charge in [-0.05, 0) is 55.2 Å². The minimum Gasteiger partial charge on any atom is -0.445 e. The summed E-state index contributed by atoms with van der Waals surface area (Å²) in [5.74, 6) is 6.01. The Kier molecular flexibility index (Phi) is 8.48. The summed E-state index contributed by atoms with van der Waals surface area (Å²) >= 11 is 0. The molecule has 0 bridgehead atoms. The highest BCUT2D eigenvalue weighted by Gasteiger charge is 2.48. The molecular formula is C29H32N8O8. The highest BCUT2D eigenvalue weighted by molar-refractivity contribution is 5.83. The number of aliphatic hydroxyl groups excluding tert-OH is 2. The molecule has 1 unspecified atom stereocenters. The number of imidazole rings is 1. The number of nitrogens with zero attached hydrogens (tertiary/aromatic N) is 6. The average molecular weight is 621 g/mol. The lowest BCUT2D eigenvalue weighted by atomic mass is 9.94. The van der Waals surface area contributed by atoms with E-state index in [1.165, 1.54) is 23.0 Å². The van der Waals surface area contributed by atoms with Crippen LogP contribution in [0.3, 0.4) is 0 Å². The van der Waals surface area contributed by atoms with Crippen molar-refractivity contribution in [2.24, 2.45) is 5.92 Å². The smallest absolute Gasteiger partial charge is 0.410 e. The molecule has 16 nitrogen and oxygen atoms in total. The van der Waals surface area contributed by atoms with Crippen molar-refractivity contribution < 1.29 is 34.2 Å². The molecule has 1 aliphatic carbocycles. The van der Waals surface area contributed by atoms with E-state index in [1.54, 1.807) is 17.0 Å². The predicted molar refractivity (Wildman–Crippen MR) is 156 cm³/mol. The van der Waals surface area contributed by atoms with Gasteiger partial charge in [0.05, 0.1) is 11.3 Å². The Morgan fingerprint density at radius 2 is 1.87 bits per heavy atom. The lowest BCUT2D eigenvalue weighted by molar-refractivity contribution is -0.384. The van der Waals surface area contributed by atoms with Gasteiger partial charge < -0.3 is 35.6 Å². The van der Waals surface area contributed by atoms with Crippen molar-refractivity contribution in [1.82, 2.24) is 29.7 Å². The summed E-state index contributed by atoms with van der Waals surface area (Å²) in [7, 11) is 0. The fourth-order valence-electron chi connectivity index (χ4n) is 5.34. The Morgan fingerprint density at radius 1 is 1.13 bits per heavy atom. The van der Waals surface area contributed by atoms with Crippen LogP contribution in [-0.4, -0.2) is 89.0 Å². The van der Waals surface area contributed by atoms with Crippen LogP contribution in [0.5, 0.6) is 0 Å². The summed E-state index contributed by atoms with van der Waals surface area (Å²) in [5, 5.41) is 34.7. The molecular weight excluding hydrogens is 588 g/mol. The van der Waals surface area contributed by atoms with Crippen molar-refractivity contribution in [2.45, 2.75) is 69.3 Å². The third-order valence-corrected chi connectivity index (χ3v) is 8.12. The number of fused-ring (bicyclic) bond motifs is 1. The number of hydrogen-bond acceptors (Lipinski definition) is 12. The molecule has 4 atom stereocenters. The second-order valence-electron chi connectivity index (χ2n) is 11.4. The maximum absolute atomic E-state index is 12.5. The largest absolute Gasteiger partial charge is 0.445 e. The Hall–Kier alpha value is -4.85. The number of non-ortho nitro benzene ring substituents is 1. The SMILES string of the molecule is Nc1nc(C#CCC2CCN(C(=O)OCc3ccc([N+](=O)[O-])cc3)CC2)nc2c1ncn2[C@@H]1O[C@H](C(=O)NC2CC2)[C@H](O)C1O. The van der Waals surface area contributed by atoms with E-state index in [0.717, 1.165) is 25.7 Å². The van der Waals surface area contributed by atoms with Gasteiger partial charge in [-0.25, -0.2) is 19.7 Å². The van der Waals surface area contributed by atoms with Gasteiger partial charge in [0.25, 0.3) is 11.6 Å². The van der Waals surface area contributed by atoms with Gasteiger partial charge in [0.2, 0.25) is 5.82 Å². The number of piperidine rings is 1. The van der Waals surface area contributed by atoms with Gasteiger partial charge in [-0.2, -0.15) is 0 Å². The first-order valence-corrected chi connectivity index (χ1v) is 14.6. The molecule has 4 heterocycles. The minimum atomic E-state index is -1.44. The van der Waals surface area contributed by atoms with Crippen LogP contribution in [0.2, 0.25) is 0 Å². The number of carbonyl (C=O) groups is 2. The normalized spacial score (nSPS) is 23.4. The number of hydrogen-bond donors (Lipinski definition) is 4. The Labute approximate surface area is 256 Å². The molecule has 2 aliphatic heterocycles. The Bertz CT molecular complexity index is 1660. The minimum absolute atomic E-state index is 0.0252. The van der Waals surface area contributed by atoms with E-state index in [0.29, 0.717) is 25.1 Å². The number of aliphatic hydroxyl groups is 2. The first kappa shape index (κ1) is 30.2. The predicted octanol–water partition coefficient (Wildman–Crippen LogP) is 1.00. The van der Waals surface area contributed by atoms with Gasteiger partial charge in [0, 0.05) is 37.7 Å². The van der Waals surface area contributed by atoms with Crippen molar-refractivity contribution in [2.75, 3.05) is 18.8 Å². The van der Waals surface area contributed by atoms with Crippen molar-refractivity contribution in [3.05, 3.63) is 52.1 Å². The monoisotopic (exact) mass is 620 g/mol. The molecule has 3 fully saturated rings. The zero-order valence-electron chi connectivity index (χ0n) is 24.1. The number of nitrogens with one attached hydrogen (secondary N) is 1. The van der Waals surface area contributed by atoms with E-state index in [4.69, 9.17) is 15.2 Å². The molecule has 16 heteroatoms. The molecule has 3 aliphatic rings. The molecule has 5 N–H and O–H groups in total. The van der Waals surface area contributed by atoms with Crippen LogP contribution in [0.4, 0.5) is 16.3 Å². The molecule has 1 aromatic carbocycles. The maximum atomic E-state index is 12.5. The maximum Gasteiger partial charge on any atom is 0.410 e. The molecule has 0 radical (unpaired) electrons. The third-order valence-electron chi connectivity index (χ3n) is 8.12. The van der Waals surface area contributed by atoms with Gasteiger partial charge in [-0.1, -0.05) is 5.92 Å². The van der Waals surface area contributed by atoms with Crippen LogP contribution in [-0.2, 0) is 20.9 Å². The van der Waals surface area contributed by atoms with Crippen LogP contribution in [0.1, 0.15) is 49.7 Å². The van der Waals surface area contributed by atoms with E-state index >= 15 is 0 Å². The van der Waals surface area contributed by atoms with E-state index in [2.05, 4.69) is 32.1 Å². The molecule has 45 heavy (non-hydrogen) atoms. The fraction of sp³-hybridized carbons (Fsp3) is 0.483. The number of nitrogens with two attached hydrogens (primary N) is 1. The van der Waals surface area contributed by atoms with Gasteiger partial charge in [0.15, 0.2) is 23.8 Å². The van der Waals surface area contributed by atoms with E-state index in [9.17, 15) is 29.9 Å². The summed E-state index contributed by atoms with van der Waals surface area (Å²) < 4.78 is 12.5. The van der Waals surface area contributed by atoms with Crippen molar-refractivity contribution >= 4 is 34.7 Å². The summed E-state index contributed by atoms with van der Waals surface area (Å²) in [6, 6.07) is 5.92. The van der Waals surface area contributed by atoms with Gasteiger partial charge in [-0.3, -0.25) is 19.5 Å². The van der Waals surface area contributed by atoms with Crippen molar-refractivity contribution in [3.63, 3.8) is 0 Å². The van der Waals surface area contributed by atoms with E-state index in [1.807, 2.05) is 0 Å². The van der Waals surface area contributed by atoms with Crippen molar-refractivity contribution in [1.29, 1.82) is 0 Å². The van der Waals surface area contributed by atoms with Crippen LogP contribution in [0.25, 0.3) is 11.2 Å². The van der Waals surface area contributed by atoms with E-state index in [-0.39, 0.29) is 47.1 Å². The zero-order chi connectivity index (χ0) is 31.7. The molecule has 0 spiro atoms. The Morgan fingerprint density at radius 3 is 2.56 bits per heavy atom. The second-order valence-corrected chi connectivity index (χ2v) is 11.4. The first-order chi connectivity index (χ1) is 21.7. The van der Waals surface area contributed by atoms with Gasteiger partial charge >= 0.3 is 6.09 Å². The zero-order valence-corrected chi connectivity index (χ0v) is 24.1. The second kappa shape index (κ2) is 12.6. The fourth-order valence-corrected chi connectivity index (χ4v) is 5.34. The topological polar surface area (TPSA) is 221 Å². The number of amides is 2. The molecule has 2 amide bonds. The number of nitro benzene ring substituents is 1. The molecule has 6 rings (SSSR count). The van der Waals surface area contributed by atoms with Crippen molar-refractivity contribution in [3.8, 4) is 11.8 Å². The molecule has 3 aromatic rings. The molecule has 2 aromatic heterocycles. The number of likely N-dealkylation sites (tertiary alicyclic amines) is 1. The number of nitrogen functional groups attached to an aromatic ring is 1. The number of aromatic nitrogens is 4. The van der Waals surface area contributed by atoms with Crippen LogP contribution < -0.4 is 11.1 Å².